The predicted octanol–water partition coefficient (Wildman–Crippen LogP) is 1.78. The maximum atomic E-state index is 11.6. The molecule has 4 nitrogen and oxygen atoms in total. The second-order valence-electron chi connectivity index (χ2n) is 3.72. The van der Waals surface area contributed by atoms with Gasteiger partial charge in [-0.25, -0.2) is 0 Å². The lowest BCUT2D eigenvalue weighted by atomic mass is 10.1. The van der Waals surface area contributed by atoms with E-state index in [1.165, 1.54) is 4.90 Å². The van der Waals surface area contributed by atoms with Gasteiger partial charge in [0.25, 0.3) is 0 Å². The zero-order valence-corrected chi connectivity index (χ0v) is 9.15. The van der Waals surface area contributed by atoms with E-state index in [1.807, 2.05) is 0 Å². The van der Waals surface area contributed by atoms with E-state index in [0.29, 0.717) is 10.7 Å². The second kappa shape index (κ2) is 4.14. The predicted molar refractivity (Wildman–Crippen MR) is 59.5 cm³/mol. The fourth-order valence-electron chi connectivity index (χ4n) is 1.77. The Kier molecular flexibility index (Phi) is 2.83. The molecule has 0 spiro atoms. The van der Waals surface area contributed by atoms with Crippen LogP contribution >= 0.6 is 11.6 Å². The number of aliphatic carboxylic acids is 1. The molecule has 1 aromatic carbocycles. The minimum Gasteiger partial charge on any atom is -0.481 e. The van der Waals surface area contributed by atoms with Crippen molar-refractivity contribution in [3.05, 3.63) is 29.3 Å². The number of carboxylic acids is 1. The molecular formula is C11H10ClNO3. The van der Waals surface area contributed by atoms with Crippen molar-refractivity contribution in [2.24, 2.45) is 5.92 Å². The molecule has 84 valence electrons. The van der Waals surface area contributed by atoms with E-state index in [4.69, 9.17) is 16.7 Å². The number of nitrogens with zero attached hydrogens (tertiary/aromatic N) is 1. The number of rotatable bonds is 2. The van der Waals surface area contributed by atoms with E-state index >= 15 is 0 Å². The lowest BCUT2D eigenvalue weighted by molar-refractivity contribution is -0.141. The molecule has 0 bridgehead atoms. The highest BCUT2D eigenvalue weighted by Gasteiger charge is 2.34. The maximum Gasteiger partial charge on any atom is 0.308 e. The molecule has 2 rings (SSSR count). The van der Waals surface area contributed by atoms with Crippen molar-refractivity contribution in [3.63, 3.8) is 0 Å². The van der Waals surface area contributed by atoms with E-state index < -0.39 is 11.9 Å². The number of anilines is 1. The number of amides is 1. The lowest BCUT2D eigenvalue weighted by Gasteiger charge is -2.16. The molecule has 1 atom stereocenters. The minimum atomic E-state index is -0.933. The Morgan fingerprint density at radius 3 is 2.81 bits per heavy atom. The average molecular weight is 240 g/mol. The van der Waals surface area contributed by atoms with E-state index in [-0.39, 0.29) is 18.9 Å². The van der Waals surface area contributed by atoms with Gasteiger partial charge in [0.05, 0.1) is 5.92 Å². The normalized spacial score (nSPS) is 20.2. The zero-order valence-electron chi connectivity index (χ0n) is 8.39. The van der Waals surface area contributed by atoms with Gasteiger partial charge in [0, 0.05) is 23.7 Å². The molecule has 1 amide bonds. The Morgan fingerprint density at radius 2 is 2.25 bits per heavy atom. The number of carboxylic acid groups (broad SMARTS) is 1. The summed E-state index contributed by atoms with van der Waals surface area (Å²) < 4.78 is 0. The van der Waals surface area contributed by atoms with E-state index in [9.17, 15) is 9.59 Å². The first-order valence-electron chi connectivity index (χ1n) is 4.86. The number of hydrogen-bond acceptors (Lipinski definition) is 2. The van der Waals surface area contributed by atoms with Gasteiger partial charge in [-0.1, -0.05) is 17.7 Å². The zero-order chi connectivity index (χ0) is 11.7. The number of hydrogen-bond donors (Lipinski definition) is 1. The minimum absolute atomic E-state index is 0.0574. The standard InChI is InChI=1S/C11H10ClNO3/c12-8-2-1-3-9(5-8)13-6-7(11(15)16)4-10(13)14/h1-3,5,7H,4,6H2,(H,15,16). The van der Waals surface area contributed by atoms with Crippen LogP contribution in [0, 0.1) is 5.92 Å². The van der Waals surface area contributed by atoms with Crippen molar-refractivity contribution in [1.29, 1.82) is 0 Å². The van der Waals surface area contributed by atoms with Crippen molar-refractivity contribution in [1.82, 2.24) is 0 Å². The third-order valence-electron chi connectivity index (χ3n) is 2.59. The molecule has 1 unspecified atom stereocenters. The van der Waals surface area contributed by atoms with Crippen LogP contribution in [0.15, 0.2) is 24.3 Å². The molecule has 1 aliphatic rings. The largest absolute Gasteiger partial charge is 0.481 e. The molecule has 1 heterocycles. The summed E-state index contributed by atoms with van der Waals surface area (Å²) in [5.41, 5.74) is 0.654. The third-order valence-corrected chi connectivity index (χ3v) is 2.83. The first-order chi connectivity index (χ1) is 7.58. The van der Waals surface area contributed by atoms with Crippen molar-refractivity contribution in [2.45, 2.75) is 6.42 Å². The van der Waals surface area contributed by atoms with E-state index in [0.717, 1.165) is 0 Å². The molecule has 0 saturated carbocycles. The summed E-state index contributed by atoms with van der Waals surface area (Å²) >= 11 is 5.82. The molecule has 5 heteroatoms. The molecule has 1 saturated heterocycles. The Morgan fingerprint density at radius 1 is 1.50 bits per heavy atom. The number of carbonyl (C=O) groups excluding carboxylic acids is 1. The average Bonchev–Trinajstić information content (AvgIpc) is 2.60. The van der Waals surface area contributed by atoms with Gasteiger partial charge >= 0.3 is 5.97 Å². The van der Waals surface area contributed by atoms with Crippen LogP contribution in [0.5, 0.6) is 0 Å². The monoisotopic (exact) mass is 239 g/mol. The van der Waals surface area contributed by atoms with Crippen LogP contribution in [0.25, 0.3) is 0 Å². The van der Waals surface area contributed by atoms with Gasteiger partial charge in [-0.05, 0) is 18.2 Å². The highest BCUT2D eigenvalue weighted by molar-refractivity contribution is 6.30. The van der Waals surface area contributed by atoms with Gasteiger partial charge in [-0.15, -0.1) is 0 Å². The van der Waals surface area contributed by atoms with Crippen LogP contribution < -0.4 is 4.90 Å². The van der Waals surface area contributed by atoms with Crippen LogP contribution in [0.4, 0.5) is 5.69 Å². The third kappa shape index (κ3) is 2.02. The van der Waals surface area contributed by atoms with Crippen LogP contribution in [0.2, 0.25) is 5.02 Å². The summed E-state index contributed by atoms with van der Waals surface area (Å²) in [5, 5.41) is 9.38. The van der Waals surface area contributed by atoms with Crippen molar-refractivity contribution >= 4 is 29.2 Å². The van der Waals surface area contributed by atoms with Crippen LogP contribution in [-0.2, 0) is 9.59 Å². The molecule has 0 aromatic heterocycles. The van der Waals surface area contributed by atoms with Gasteiger partial charge in [-0.3, -0.25) is 9.59 Å². The van der Waals surface area contributed by atoms with Crippen molar-refractivity contribution in [2.75, 3.05) is 11.4 Å². The van der Waals surface area contributed by atoms with Gasteiger partial charge in [0.15, 0.2) is 0 Å². The Bertz CT molecular complexity index is 447. The summed E-state index contributed by atoms with van der Waals surface area (Å²) in [6.45, 7) is 0.217. The lowest BCUT2D eigenvalue weighted by Crippen LogP contribution is -2.25. The fraction of sp³-hybridized carbons (Fsp3) is 0.273. The summed E-state index contributed by atoms with van der Waals surface area (Å²) in [6.07, 6.45) is 0.0574. The first-order valence-corrected chi connectivity index (χ1v) is 5.24. The highest BCUT2D eigenvalue weighted by atomic mass is 35.5. The van der Waals surface area contributed by atoms with Crippen molar-refractivity contribution < 1.29 is 14.7 Å². The maximum absolute atomic E-state index is 11.6. The van der Waals surface area contributed by atoms with Crippen LogP contribution in [-0.4, -0.2) is 23.5 Å². The molecular weight excluding hydrogens is 230 g/mol. The summed E-state index contributed by atoms with van der Waals surface area (Å²) in [7, 11) is 0. The molecule has 1 aromatic rings. The molecule has 1 N–H and O–H groups in total. The molecule has 1 fully saturated rings. The van der Waals surface area contributed by atoms with E-state index in [1.54, 1.807) is 24.3 Å². The number of halogens is 1. The molecule has 0 radical (unpaired) electrons. The van der Waals surface area contributed by atoms with Gasteiger partial charge in [-0.2, -0.15) is 0 Å². The topological polar surface area (TPSA) is 57.6 Å². The first kappa shape index (κ1) is 11.0. The smallest absolute Gasteiger partial charge is 0.308 e. The van der Waals surface area contributed by atoms with Gasteiger partial charge < -0.3 is 10.0 Å². The fourth-order valence-corrected chi connectivity index (χ4v) is 1.95. The van der Waals surface area contributed by atoms with Crippen LogP contribution in [0.1, 0.15) is 6.42 Å². The van der Waals surface area contributed by atoms with Gasteiger partial charge in [0.2, 0.25) is 5.91 Å². The Labute approximate surface area is 97.4 Å². The summed E-state index contributed by atoms with van der Waals surface area (Å²) in [6, 6.07) is 6.84. The molecule has 16 heavy (non-hydrogen) atoms. The SMILES string of the molecule is O=C(O)C1CC(=O)N(c2cccc(Cl)c2)C1. The molecule has 1 aliphatic heterocycles. The Hall–Kier alpha value is -1.55. The van der Waals surface area contributed by atoms with E-state index in [2.05, 4.69) is 0 Å². The number of carbonyl (C=O) groups is 2. The second-order valence-corrected chi connectivity index (χ2v) is 4.16. The van der Waals surface area contributed by atoms with Crippen LogP contribution in [0.3, 0.4) is 0 Å². The van der Waals surface area contributed by atoms with Gasteiger partial charge in [0.1, 0.15) is 0 Å². The summed E-state index contributed by atoms with van der Waals surface area (Å²) in [5.74, 6) is -1.72. The van der Waals surface area contributed by atoms with Crippen molar-refractivity contribution in [3.8, 4) is 0 Å². The number of benzene rings is 1. The summed E-state index contributed by atoms with van der Waals surface area (Å²) in [4.78, 5) is 23.9. The highest BCUT2D eigenvalue weighted by Crippen LogP contribution is 2.26. The quantitative estimate of drug-likeness (QED) is 0.856. The Balaban J connectivity index is 2.23. The molecule has 0 aliphatic carbocycles.